The van der Waals surface area contributed by atoms with Gasteiger partial charge in [0, 0.05) is 23.5 Å². The zero-order chi connectivity index (χ0) is 12.4. The number of hydrogen-bond acceptors (Lipinski definition) is 2. The molecule has 1 heterocycles. The Bertz CT molecular complexity index is 545. The fourth-order valence-corrected chi connectivity index (χ4v) is 2.58. The minimum Gasteiger partial charge on any atom is -0.353 e. The molecule has 1 aromatic rings. The highest BCUT2D eigenvalue weighted by atomic mass is 32.1. The van der Waals surface area contributed by atoms with E-state index in [4.69, 9.17) is 12.2 Å². The fraction of sp³-hybridized carbons (Fsp3) is 0.133. The van der Waals surface area contributed by atoms with Crippen LogP contribution in [0, 0.1) is 5.92 Å². The first-order valence-electron chi connectivity index (χ1n) is 6.00. The summed E-state index contributed by atoms with van der Waals surface area (Å²) in [4.78, 5) is 2.29. The molecule has 2 atom stereocenters. The number of thiocarbonyl (C=S) groups is 1. The van der Waals surface area contributed by atoms with Crippen molar-refractivity contribution < 1.29 is 0 Å². The third kappa shape index (κ3) is 1.97. The van der Waals surface area contributed by atoms with Crippen LogP contribution in [0.25, 0.3) is 0 Å². The lowest BCUT2D eigenvalue weighted by atomic mass is 9.97. The molecule has 0 fully saturated rings. The Hall–Kier alpha value is -1.87. The van der Waals surface area contributed by atoms with E-state index in [9.17, 15) is 0 Å². The van der Waals surface area contributed by atoms with Gasteiger partial charge in [-0.15, -0.1) is 0 Å². The molecule has 18 heavy (non-hydrogen) atoms. The highest BCUT2D eigenvalue weighted by Crippen LogP contribution is 2.32. The summed E-state index contributed by atoms with van der Waals surface area (Å²) in [5.41, 5.74) is 3.74. The van der Waals surface area contributed by atoms with Crippen LogP contribution in [-0.4, -0.2) is 11.5 Å². The molecule has 0 spiro atoms. The smallest absolute Gasteiger partial charge is 0.0658 e. The normalized spacial score (nSPS) is 24.1. The van der Waals surface area contributed by atoms with E-state index in [2.05, 4.69) is 58.9 Å². The number of nitrogens with zero attached hydrogens (tertiary/aromatic N) is 1. The number of nitrogens with one attached hydrogen (secondary N) is 1. The quantitative estimate of drug-likeness (QED) is 0.831. The summed E-state index contributed by atoms with van der Waals surface area (Å²) in [6, 6.07) is 8.69. The third-order valence-electron chi connectivity index (χ3n) is 3.31. The van der Waals surface area contributed by atoms with Crippen molar-refractivity contribution >= 4 is 29.1 Å². The molecule has 0 saturated heterocycles. The Labute approximate surface area is 112 Å². The topological polar surface area (TPSA) is 15.3 Å². The van der Waals surface area contributed by atoms with Crippen LogP contribution in [0.3, 0.4) is 0 Å². The summed E-state index contributed by atoms with van der Waals surface area (Å²) in [7, 11) is 0. The first-order valence-corrected chi connectivity index (χ1v) is 6.47. The molecule has 0 amide bonds. The van der Waals surface area contributed by atoms with Crippen molar-refractivity contribution in [3.05, 3.63) is 60.8 Å². The van der Waals surface area contributed by atoms with Gasteiger partial charge in [-0.25, -0.2) is 0 Å². The number of benzene rings is 1. The summed E-state index contributed by atoms with van der Waals surface area (Å²) < 4.78 is 0. The van der Waals surface area contributed by atoms with E-state index < -0.39 is 0 Å². The number of fused-ring (bicyclic) bond motifs is 1. The van der Waals surface area contributed by atoms with Gasteiger partial charge in [-0.2, -0.15) is 0 Å². The molecule has 3 heteroatoms. The zero-order valence-corrected chi connectivity index (χ0v) is 10.7. The third-order valence-corrected chi connectivity index (χ3v) is 3.42. The molecule has 1 aliphatic carbocycles. The molecule has 1 N–H and O–H groups in total. The maximum Gasteiger partial charge on any atom is 0.0658 e. The zero-order valence-electron chi connectivity index (χ0n) is 9.86. The summed E-state index contributed by atoms with van der Waals surface area (Å²) in [6.07, 6.45) is 13.1. The SMILES string of the molecule is S=CNc1cccc(N2C=CC3C=CC=CC32)c1. The molecular formula is C15H14N2S. The molecule has 0 radical (unpaired) electrons. The van der Waals surface area contributed by atoms with Crippen LogP contribution in [0.4, 0.5) is 11.4 Å². The Morgan fingerprint density at radius 1 is 1.17 bits per heavy atom. The molecule has 90 valence electrons. The molecule has 0 bridgehead atoms. The van der Waals surface area contributed by atoms with E-state index in [1.165, 1.54) is 11.2 Å². The molecule has 0 aromatic heterocycles. The van der Waals surface area contributed by atoms with Crippen molar-refractivity contribution in [1.82, 2.24) is 0 Å². The van der Waals surface area contributed by atoms with Crippen LogP contribution in [-0.2, 0) is 0 Å². The average molecular weight is 254 g/mol. The maximum absolute atomic E-state index is 4.82. The fourth-order valence-electron chi connectivity index (χ4n) is 2.44. The van der Waals surface area contributed by atoms with Crippen molar-refractivity contribution in [2.45, 2.75) is 6.04 Å². The van der Waals surface area contributed by atoms with Gasteiger partial charge in [-0.1, -0.05) is 48.7 Å². The molecule has 1 aliphatic heterocycles. The average Bonchev–Trinajstić information content (AvgIpc) is 2.83. The minimum absolute atomic E-state index is 0.401. The highest BCUT2D eigenvalue weighted by Gasteiger charge is 2.27. The number of rotatable bonds is 3. The monoisotopic (exact) mass is 254 g/mol. The van der Waals surface area contributed by atoms with Gasteiger partial charge in [0.25, 0.3) is 0 Å². The van der Waals surface area contributed by atoms with Gasteiger partial charge in [0.1, 0.15) is 0 Å². The van der Waals surface area contributed by atoms with Crippen molar-refractivity contribution in [2.24, 2.45) is 5.92 Å². The van der Waals surface area contributed by atoms with Crippen LogP contribution >= 0.6 is 12.2 Å². The van der Waals surface area contributed by atoms with Gasteiger partial charge in [-0.05, 0) is 18.2 Å². The van der Waals surface area contributed by atoms with E-state index in [-0.39, 0.29) is 0 Å². The Kier molecular flexibility index (Phi) is 2.99. The maximum atomic E-state index is 4.82. The molecule has 2 aliphatic rings. The second-order valence-electron chi connectivity index (χ2n) is 4.40. The second-order valence-corrected chi connectivity index (χ2v) is 4.63. The summed E-state index contributed by atoms with van der Waals surface area (Å²) in [5.74, 6) is 0.483. The second kappa shape index (κ2) is 4.78. The lowest BCUT2D eigenvalue weighted by Gasteiger charge is -2.27. The number of hydrogen-bond donors (Lipinski definition) is 1. The van der Waals surface area contributed by atoms with Crippen LogP contribution in [0.2, 0.25) is 0 Å². The van der Waals surface area contributed by atoms with E-state index in [0.29, 0.717) is 12.0 Å². The minimum atomic E-state index is 0.401. The van der Waals surface area contributed by atoms with Gasteiger partial charge in [-0.3, -0.25) is 0 Å². The molecular weight excluding hydrogens is 240 g/mol. The molecule has 0 saturated carbocycles. The Morgan fingerprint density at radius 2 is 2.06 bits per heavy atom. The van der Waals surface area contributed by atoms with Crippen LogP contribution in [0.5, 0.6) is 0 Å². The first-order chi connectivity index (χ1) is 8.88. The molecule has 1 aromatic carbocycles. The number of allylic oxidation sites excluding steroid dienone is 2. The van der Waals surface area contributed by atoms with Gasteiger partial charge < -0.3 is 10.2 Å². The first kappa shape index (κ1) is 11.2. The Morgan fingerprint density at radius 3 is 2.94 bits per heavy atom. The lowest BCUT2D eigenvalue weighted by molar-refractivity contribution is 0.702. The largest absolute Gasteiger partial charge is 0.353 e. The Balaban J connectivity index is 1.89. The summed E-state index contributed by atoms with van der Waals surface area (Å²) in [6.45, 7) is 0. The van der Waals surface area contributed by atoms with Crippen molar-refractivity contribution in [2.75, 3.05) is 10.2 Å². The van der Waals surface area contributed by atoms with E-state index in [0.717, 1.165) is 5.69 Å². The molecule has 3 rings (SSSR count). The van der Waals surface area contributed by atoms with E-state index in [1.807, 2.05) is 12.1 Å². The summed E-state index contributed by atoms with van der Waals surface area (Å²) >= 11 is 4.82. The van der Waals surface area contributed by atoms with Gasteiger partial charge >= 0.3 is 0 Å². The predicted molar refractivity (Wildman–Crippen MR) is 80.9 cm³/mol. The predicted octanol–water partition coefficient (Wildman–Crippen LogP) is 3.50. The van der Waals surface area contributed by atoms with E-state index >= 15 is 0 Å². The van der Waals surface area contributed by atoms with Crippen LogP contribution < -0.4 is 10.2 Å². The molecule has 2 unspecified atom stereocenters. The number of anilines is 2. The van der Waals surface area contributed by atoms with Crippen LogP contribution in [0.1, 0.15) is 0 Å². The molecule has 2 nitrogen and oxygen atoms in total. The lowest BCUT2D eigenvalue weighted by Crippen LogP contribution is -2.30. The van der Waals surface area contributed by atoms with Gasteiger partial charge in [0.15, 0.2) is 0 Å². The van der Waals surface area contributed by atoms with E-state index in [1.54, 1.807) is 0 Å². The summed E-state index contributed by atoms with van der Waals surface area (Å²) in [5, 5.41) is 3.05. The standard InChI is InChI=1S/C15H14N2S/c18-11-16-13-5-3-6-14(10-13)17-9-8-12-4-1-2-7-15(12)17/h1-12,15H,(H,16,18). The van der Waals surface area contributed by atoms with Crippen molar-refractivity contribution in [3.63, 3.8) is 0 Å². The van der Waals surface area contributed by atoms with Crippen LogP contribution in [0.15, 0.2) is 60.8 Å². The van der Waals surface area contributed by atoms with Crippen molar-refractivity contribution in [1.29, 1.82) is 0 Å². The van der Waals surface area contributed by atoms with Gasteiger partial charge in [0.05, 0.1) is 11.5 Å². The highest BCUT2D eigenvalue weighted by molar-refractivity contribution is 7.79. The van der Waals surface area contributed by atoms with Gasteiger partial charge in [0.2, 0.25) is 0 Å². The van der Waals surface area contributed by atoms with Crippen molar-refractivity contribution in [3.8, 4) is 0 Å².